The molecule has 0 bridgehead atoms. The van der Waals surface area contributed by atoms with Crippen LogP contribution in [-0.4, -0.2) is 34.0 Å². The summed E-state index contributed by atoms with van der Waals surface area (Å²) in [4.78, 5) is 14.6. The van der Waals surface area contributed by atoms with E-state index in [-0.39, 0.29) is 0 Å². The maximum Gasteiger partial charge on any atom is 0.0705 e. The molecule has 0 unspecified atom stereocenters. The second kappa shape index (κ2) is 13.8. The summed E-state index contributed by atoms with van der Waals surface area (Å²) in [7, 11) is 0. The average Bonchev–Trinajstić information content (AvgIpc) is 3.06. The lowest BCUT2D eigenvalue weighted by Gasteiger charge is -2.40. The van der Waals surface area contributed by atoms with E-state index in [4.69, 9.17) is 16.6 Å². The molecule has 1 aliphatic heterocycles. The fraction of sp³-hybridized carbons (Fsp3) is 0.317. The second-order valence-electron chi connectivity index (χ2n) is 13.2. The maximum atomic E-state index is 6.32. The highest BCUT2D eigenvalue weighted by Crippen LogP contribution is 2.30. The van der Waals surface area contributed by atoms with Crippen LogP contribution in [0.25, 0.3) is 22.4 Å². The van der Waals surface area contributed by atoms with Crippen LogP contribution in [0.4, 0.5) is 5.69 Å². The Labute approximate surface area is 280 Å². The van der Waals surface area contributed by atoms with Gasteiger partial charge in [0.25, 0.3) is 0 Å². The van der Waals surface area contributed by atoms with Crippen molar-refractivity contribution in [1.82, 2.24) is 14.9 Å². The van der Waals surface area contributed by atoms with Gasteiger partial charge >= 0.3 is 0 Å². The Morgan fingerprint density at radius 2 is 1.30 bits per heavy atom. The van der Waals surface area contributed by atoms with E-state index in [1.54, 1.807) is 0 Å². The van der Waals surface area contributed by atoms with E-state index in [1.807, 2.05) is 30.7 Å². The number of hydrogen-bond donors (Lipinski definition) is 0. The molecular weight excluding hydrogens is 584 g/mol. The molecule has 0 amide bonds. The number of likely N-dealkylation sites (tertiary alicyclic amines) is 1. The third kappa shape index (κ3) is 7.19. The van der Waals surface area contributed by atoms with Crippen molar-refractivity contribution in [2.24, 2.45) is 0 Å². The number of piperidine rings is 1. The number of aryl methyl sites for hydroxylation is 4. The van der Waals surface area contributed by atoms with E-state index in [0.29, 0.717) is 6.04 Å². The second-order valence-corrected chi connectivity index (χ2v) is 13.6. The van der Waals surface area contributed by atoms with Crippen LogP contribution >= 0.6 is 11.6 Å². The third-order valence-electron chi connectivity index (χ3n) is 10.0. The number of benzene rings is 3. The highest BCUT2D eigenvalue weighted by molar-refractivity contribution is 6.30. The number of pyridine rings is 2. The number of rotatable bonds is 8. The Hall–Kier alpha value is -3.99. The molecule has 3 heterocycles. The van der Waals surface area contributed by atoms with Crippen LogP contribution in [-0.2, 0) is 13.1 Å². The number of halogens is 1. The first-order chi connectivity index (χ1) is 22.1. The van der Waals surface area contributed by atoms with Gasteiger partial charge in [0.15, 0.2) is 0 Å². The van der Waals surface area contributed by atoms with Crippen LogP contribution in [0.3, 0.4) is 0 Å². The lowest BCUT2D eigenvalue weighted by molar-refractivity contribution is 0.201. The molecule has 0 radical (unpaired) electrons. The lowest BCUT2D eigenvalue weighted by Crippen LogP contribution is -2.44. The molecule has 1 saturated heterocycles. The van der Waals surface area contributed by atoms with E-state index in [0.717, 1.165) is 49.7 Å². The molecule has 1 aliphatic rings. The van der Waals surface area contributed by atoms with Gasteiger partial charge in [0.1, 0.15) is 0 Å². The number of aromatic nitrogens is 2. The molecule has 5 heteroatoms. The zero-order chi connectivity index (χ0) is 32.4. The van der Waals surface area contributed by atoms with Crippen molar-refractivity contribution in [1.29, 1.82) is 0 Å². The molecule has 4 nitrogen and oxygen atoms in total. The van der Waals surface area contributed by atoms with Gasteiger partial charge in [-0.25, -0.2) is 0 Å². The Morgan fingerprint density at radius 3 is 1.93 bits per heavy atom. The lowest BCUT2D eigenvalue weighted by atomic mass is 9.96. The van der Waals surface area contributed by atoms with Crippen molar-refractivity contribution in [3.05, 3.63) is 135 Å². The molecule has 46 heavy (non-hydrogen) atoms. The summed E-state index contributed by atoms with van der Waals surface area (Å²) in [6.45, 7) is 17.0. The normalized spacial score (nSPS) is 14.1. The van der Waals surface area contributed by atoms with E-state index in [9.17, 15) is 0 Å². The van der Waals surface area contributed by atoms with Gasteiger partial charge in [-0.3, -0.25) is 14.9 Å². The van der Waals surface area contributed by atoms with E-state index >= 15 is 0 Å². The van der Waals surface area contributed by atoms with Crippen LogP contribution in [0.1, 0.15) is 57.3 Å². The zero-order valence-corrected chi connectivity index (χ0v) is 28.8. The smallest absolute Gasteiger partial charge is 0.0705 e. The quantitative estimate of drug-likeness (QED) is 0.171. The van der Waals surface area contributed by atoms with Gasteiger partial charge in [-0.15, -0.1) is 0 Å². The monoisotopic (exact) mass is 628 g/mol. The van der Waals surface area contributed by atoms with Crippen LogP contribution in [0.15, 0.2) is 85.3 Å². The van der Waals surface area contributed by atoms with Crippen molar-refractivity contribution in [2.45, 2.75) is 73.5 Å². The van der Waals surface area contributed by atoms with Crippen molar-refractivity contribution < 1.29 is 0 Å². The van der Waals surface area contributed by atoms with Gasteiger partial charge in [0.05, 0.1) is 5.69 Å². The molecule has 6 rings (SSSR count). The summed E-state index contributed by atoms with van der Waals surface area (Å²) in [5, 5.41) is 0.764. The van der Waals surface area contributed by atoms with Gasteiger partial charge in [0, 0.05) is 72.6 Å². The topological polar surface area (TPSA) is 32.3 Å². The highest BCUT2D eigenvalue weighted by atomic mass is 35.5. The van der Waals surface area contributed by atoms with Crippen LogP contribution < -0.4 is 4.90 Å². The first-order valence-corrected chi connectivity index (χ1v) is 16.8. The van der Waals surface area contributed by atoms with E-state index in [1.165, 1.54) is 66.9 Å². The standard InChI is InChI=1S/C41H45ClN4/c1-27-17-35(18-28(2)31(27)5)37-21-34(23-43-24-37)26-46(39-9-7-38(42)8-10-39)40-12-15-45(16-13-40)25-33-11-14-44-41(22-33)36-19-29(3)32(6)30(4)20-36/h7-11,14,17-24,40H,12-13,15-16,25-26H2,1-6H3. The largest absolute Gasteiger partial charge is 0.364 e. The Kier molecular flexibility index (Phi) is 9.58. The van der Waals surface area contributed by atoms with Gasteiger partial charge < -0.3 is 4.90 Å². The summed E-state index contributed by atoms with van der Waals surface area (Å²) in [5.41, 5.74) is 16.4. The summed E-state index contributed by atoms with van der Waals surface area (Å²) < 4.78 is 0. The summed E-state index contributed by atoms with van der Waals surface area (Å²) in [5.74, 6) is 0. The first kappa shape index (κ1) is 32.0. The highest BCUT2D eigenvalue weighted by Gasteiger charge is 2.26. The molecule has 2 aromatic heterocycles. The van der Waals surface area contributed by atoms with Crippen molar-refractivity contribution >= 4 is 17.3 Å². The number of nitrogens with zero attached hydrogens (tertiary/aromatic N) is 4. The minimum atomic E-state index is 0.427. The van der Waals surface area contributed by atoms with Crippen LogP contribution in [0.5, 0.6) is 0 Å². The molecular formula is C41H45ClN4. The van der Waals surface area contributed by atoms with Crippen LogP contribution in [0, 0.1) is 41.5 Å². The first-order valence-electron chi connectivity index (χ1n) is 16.4. The minimum absolute atomic E-state index is 0.427. The van der Waals surface area contributed by atoms with Crippen molar-refractivity contribution in [3.63, 3.8) is 0 Å². The fourth-order valence-corrected chi connectivity index (χ4v) is 6.88. The van der Waals surface area contributed by atoms with E-state index in [2.05, 4.69) is 111 Å². The Balaban J connectivity index is 1.17. The molecule has 3 aromatic carbocycles. The molecule has 0 saturated carbocycles. The molecule has 0 N–H and O–H groups in total. The Bertz CT molecular complexity index is 1790. The minimum Gasteiger partial charge on any atom is -0.364 e. The molecule has 5 aromatic rings. The predicted octanol–water partition coefficient (Wildman–Crippen LogP) is 9.99. The molecule has 0 spiro atoms. The fourth-order valence-electron chi connectivity index (χ4n) is 6.76. The van der Waals surface area contributed by atoms with Gasteiger partial charge in [-0.1, -0.05) is 23.7 Å². The average molecular weight is 629 g/mol. The summed E-state index contributed by atoms with van der Waals surface area (Å²) in [6.07, 6.45) is 8.17. The molecule has 1 fully saturated rings. The SMILES string of the molecule is Cc1cc(-c2cncc(CN(c3ccc(Cl)cc3)C3CCN(Cc4ccnc(-c5cc(C)c(C)c(C)c5)c4)CC3)c2)cc(C)c1C. The van der Waals surface area contributed by atoms with Crippen molar-refractivity contribution in [2.75, 3.05) is 18.0 Å². The maximum absolute atomic E-state index is 6.32. The number of anilines is 1. The summed E-state index contributed by atoms with van der Waals surface area (Å²) in [6, 6.07) is 24.6. The summed E-state index contributed by atoms with van der Waals surface area (Å²) >= 11 is 6.32. The van der Waals surface area contributed by atoms with E-state index < -0.39 is 0 Å². The predicted molar refractivity (Wildman–Crippen MR) is 194 cm³/mol. The van der Waals surface area contributed by atoms with Crippen molar-refractivity contribution in [3.8, 4) is 22.4 Å². The molecule has 0 aliphatic carbocycles. The van der Waals surface area contributed by atoms with Crippen LogP contribution in [0.2, 0.25) is 5.02 Å². The Morgan fingerprint density at radius 1 is 0.696 bits per heavy atom. The third-order valence-corrected chi connectivity index (χ3v) is 10.3. The van der Waals surface area contributed by atoms with Gasteiger partial charge in [-0.2, -0.15) is 0 Å². The zero-order valence-electron chi connectivity index (χ0n) is 28.1. The number of hydrogen-bond acceptors (Lipinski definition) is 4. The van der Waals surface area contributed by atoms with Gasteiger partial charge in [-0.05, 0) is 159 Å². The molecule has 236 valence electrons. The molecule has 0 atom stereocenters. The van der Waals surface area contributed by atoms with Gasteiger partial charge in [0.2, 0.25) is 0 Å².